The predicted octanol–water partition coefficient (Wildman–Crippen LogP) is 6.30. The molecule has 0 fully saturated rings. The normalized spacial score (nSPS) is 20.5. The molecular weight excluding hydrogens is 382 g/mol. The van der Waals surface area contributed by atoms with Crippen LogP contribution >= 0.6 is 0 Å². The van der Waals surface area contributed by atoms with E-state index in [1.165, 1.54) is 5.57 Å². The van der Waals surface area contributed by atoms with Gasteiger partial charge in [-0.1, -0.05) is 80.7 Å². The van der Waals surface area contributed by atoms with Crippen LogP contribution in [0.4, 0.5) is 5.69 Å². The van der Waals surface area contributed by atoms with E-state index in [4.69, 9.17) is 0 Å². The molecule has 164 valence electrons. The van der Waals surface area contributed by atoms with E-state index in [0.717, 1.165) is 36.3 Å². The first kappa shape index (κ1) is 24.1. The number of allylic oxidation sites excluding steroid dienone is 7. The Bertz CT molecular complexity index is 903. The summed E-state index contributed by atoms with van der Waals surface area (Å²) in [6.45, 7) is 8.81. The van der Waals surface area contributed by atoms with Gasteiger partial charge in [0.25, 0.3) is 0 Å². The molecule has 1 aromatic rings. The van der Waals surface area contributed by atoms with E-state index in [1.807, 2.05) is 58.2 Å². The van der Waals surface area contributed by atoms with Crippen molar-refractivity contribution in [2.75, 3.05) is 11.4 Å². The minimum Gasteiger partial charge on any atom is -0.347 e. The zero-order valence-corrected chi connectivity index (χ0v) is 19.2. The van der Waals surface area contributed by atoms with Crippen molar-refractivity contribution >= 4 is 17.3 Å². The van der Waals surface area contributed by atoms with E-state index in [9.17, 15) is 4.79 Å². The minimum atomic E-state index is -0.101. The number of hydrogen-bond donors (Lipinski definition) is 1. The van der Waals surface area contributed by atoms with Gasteiger partial charge in [0.05, 0.1) is 5.71 Å². The maximum Gasteiger partial charge on any atom is 0.243 e. The first-order chi connectivity index (χ1) is 15.2. The summed E-state index contributed by atoms with van der Waals surface area (Å²) >= 11 is 0. The van der Waals surface area contributed by atoms with Gasteiger partial charge in [-0.05, 0) is 44.2 Å². The number of amides is 1. The second-order valence-electron chi connectivity index (χ2n) is 7.28. The van der Waals surface area contributed by atoms with Crippen molar-refractivity contribution in [2.45, 2.75) is 47.0 Å². The highest BCUT2D eigenvalue weighted by Gasteiger charge is 2.17. The fraction of sp³-hybridized carbons (Fsp3) is 0.333. The molecule has 4 heteroatoms. The van der Waals surface area contributed by atoms with Gasteiger partial charge in [0.2, 0.25) is 5.91 Å². The van der Waals surface area contributed by atoms with E-state index >= 15 is 0 Å². The largest absolute Gasteiger partial charge is 0.347 e. The number of hydrazone groups is 1. The summed E-state index contributed by atoms with van der Waals surface area (Å²) in [7, 11) is 0. The average molecular weight is 418 g/mol. The molecule has 1 aliphatic carbocycles. The molecule has 1 heterocycles. The Kier molecular flexibility index (Phi) is 10.3. The van der Waals surface area contributed by atoms with E-state index in [0.29, 0.717) is 12.3 Å². The molecule has 0 saturated carbocycles. The Morgan fingerprint density at radius 3 is 2.77 bits per heavy atom. The van der Waals surface area contributed by atoms with Gasteiger partial charge in [0, 0.05) is 30.4 Å². The van der Waals surface area contributed by atoms with Crippen LogP contribution in [0.5, 0.6) is 0 Å². The maximum absolute atomic E-state index is 11.9. The summed E-state index contributed by atoms with van der Waals surface area (Å²) in [6.07, 6.45) is 21.5. The zero-order chi connectivity index (χ0) is 22.5. The maximum atomic E-state index is 11.9. The Balaban J connectivity index is 0.00000166. The van der Waals surface area contributed by atoms with Crippen LogP contribution in [-0.2, 0) is 4.79 Å². The number of carbonyl (C=O) groups is 1. The quantitative estimate of drug-likeness (QED) is 0.571. The summed E-state index contributed by atoms with van der Waals surface area (Å²) < 4.78 is 0. The summed E-state index contributed by atoms with van der Waals surface area (Å²) in [6, 6.07) is 8.21. The van der Waals surface area contributed by atoms with Crippen LogP contribution in [0.3, 0.4) is 0 Å². The van der Waals surface area contributed by atoms with Crippen molar-refractivity contribution in [1.29, 1.82) is 0 Å². The second-order valence-corrected chi connectivity index (χ2v) is 7.28. The van der Waals surface area contributed by atoms with E-state index < -0.39 is 0 Å². The molecule has 0 radical (unpaired) electrons. The van der Waals surface area contributed by atoms with Crippen LogP contribution in [0, 0.1) is 5.92 Å². The van der Waals surface area contributed by atoms with Crippen molar-refractivity contribution < 1.29 is 4.79 Å². The highest BCUT2D eigenvalue weighted by atomic mass is 16.2. The lowest BCUT2D eigenvalue weighted by molar-refractivity contribution is -0.120. The Morgan fingerprint density at radius 2 is 2.03 bits per heavy atom. The summed E-state index contributed by atoms with van der Waals surface area (Å²) in [5, 5.41) is 4.26. The average Bonchev–Trinajstić information content (AvgIpc) is 2.81. The third-order valence-electron chi connectivity index (χ3n) is 5.03. The molecule has 1 aromatic carbocycles. The number of nitrogens with one attached hydrogen (secondary N) is 1. The predicted molar refractivity (Wildman–Crippen MR) is 133 cm³/mol. The molecule has 1 aliphatic heterocycles. The van der Waals surface area contributed by atoms with Crippen molar-refractivity contribution in [3.05, 3.63) is 90.2 Å². The fourth-order valence-electron chi connectivity index (χ4n) is 3.45. The van der Waals surface area contributed by atoms with Crippen molar-refractivity contribution in [2.24, 2.45) is 11.0 Å². The molecular formula is C27H35N3O. The van der Waals surface area contributed by atoms with Gasteiger partial charge in [-0.2, -0.15) is 5.10 Å². The molecule has 4 nitrogen and oxygen atoms in total. The monoisotopic (exact) mass is 417 g/mol. The number of hydrogen-bond acceptors (Lipinski definition) is 3. The van der Waals surface area contributed by atoms with Gasteiger partial charge in [0.15, 0.2) is 0 Å². The third-order valence-corrected chi connectivity index (χ3v) is 5.03. The lowest BCUT2D eigenvalue weighted by Crippen LogP contribution is -2.27. The molecule has 0 saturated heterocycles. The molecule has 3 rings (SSSR count). The van der Waals surface area contributed by atoms with Crippen LogP contribution in [0.2, 0.25) is 0 Å². The van der Waals surface area contributed by atoms with Gasteiger partial charge >= 0.3 is 0 Å². The smallest absolute Gasteiger partial charge is 0.243 e. The van der Waals surface area contributed by atoms with Crippen LogP contribution in [-0.4, -0.2) is 18.2 Å². The van der Waals surface area contributed by atoms with Gasteiger partial charge < -0.3 is 4.90 Å². The number of nitrogens with zero attached hydrogens (tertiary/aromatic N) is 2. The van der Waals surface area contributed by atoms with Crippen LogP contribution < -0.4 is 10.3 Å². The van der Waals surface area contributed by atoms with E-state index in [2.05, 4.69) is 64.0 Å². The number of fused-ring (bicyclic) bond motifs is 1. The Labute approximate surface area is 187 Å². The SMILES string of the molecule is C/C=C\C=C/CC1=CCC(CN2C=CCC(=O)N/N=C(\C)c3ccccc32)C=C1.CC. The highest BCUT2D eigenvalue weighted by molar-refractivity contribution is 6.04. The van der Waals surface area contributed by atoms with Gasteiger partial charge in [-0.25, -0.2) is 5.43 Å². The minimum absolute atomic E-state index is 0.101. The molecule has 0 spiro atoms. The van der Waals surface area contributed by atoms with Crippen LogP contribution in [0.25, 0.3) is 0 Å². The first-order valence-electron chi connectivity index (χ1n) is 11.2. The molecule has 0 aromatic heterocycles. The molecule has 31 heavy (non-hydrogen) atoms. The van der Waals surface area contributed by atoms with Crippen molar-refractivity contribution in [1.82, 2.24) is 5.43 Å². The third kappa shape index (κ3) is 7.56. The van der Waals surface area contributed by atoms with Crippen molar-refractivity contribution in [3.63, 3.8) is 0 Å². The van der Waals surface area contributed by atoms with Gasteiger partial charge in [-0.15, -0.1) is 0 Å². The highest BCUT2D eigenvalue weighted by Crippen LogP contribution is 2.26. The van der Waals surface area contributed by atoms with Crippen LogP contribution in [0.15, 0.2) is 89.7 Å². The molecule has 1 amide bonds. The van der Waals surface area contributed by atoms with Crippen molar-refractivity contribution in [3.8, 4) is 0 Å². The first-order valence-corrected chi connectivity index (χ1v) is 11.2. The summed E-state index contributed by atoms with van der Waals surface area (Å²) in [5.74, 6) is 0.320. The summed E-state index contributed by atoms with van der Waals surface area (Å²) in [5.41, 5.74) is 6.93. The molecule has 0 bridgehead atoms. The fourth-order valence-corrected chi connectivity index (χ4v) is 3.45. The Hall–Kier alpha value is -3.14. The standard InChI is InChI=1S/C25H29N3O.C2H6/c1-3-4-5-6-10-21-14-16-22(17-15-21)19-28-18-9-13-25(29)27-26-20(2)23-11-7-8-12-24(23)28;1-2/h3-9,11-12,14-16,18,22H,10,13,17,19H2,1-2H3,(H,27,29);1-2H3/b4-3-,6-5-,18-9?,26-20+;. The number of rotatable bonds is 5. The number of para-hydroxylation sites is 1. The Morgan fingerprint density at radius 1 is 1.23 bits per heavy atom. The molecule has 1 N–H and O–H groups in total. The molecule has 2 aliphatic rings. The van der Waals surface area contributed by atoms with Gasteiger partial charge in [-0.3, -0.25) is 4.79 Å². The number of carbonyl (C=O) groups excluding carboxylic acids is 1. The van der Waals surface area contributed by atoms with Crippen LogP contribution in [0.1, 0.15) is 52.5 Å². The zero-order valence-electron chi connectivity index (χ0n) is 19.2. The second kappa shape index (κ2) is 13.2. The number of anilines is 1. The molecule has 1 atom stereocenters. The molecule has 1 unspecified atom stereocenters. The number of benzene rings is 1. The topological polar surface area (TPSA) is 44.7 Å². The van der Waals surface area contributed by atoms with Gasteiger partial charge in [0.1, 0.15) is 0 Å². The lowest BCUT2D eigenvalue weighted by Gasteiger charge is -2.28. The summed E-state index contributed by atoms with van der Waals surface area (Å²) in [4.78, 5) is 14.1. The lowest BCUT2D eigenvalue weighted by atomic mass is 9.94. The van der Waals surface area contributed by atoms with E-state index in [-0.39, 0.29) is 5.91 Å². The van der Waals surface area contributed by atoms with E-state index in [1.54, 1.807) is 0 Å².